The fourth-order valence-electron chi connectivity index (χ4n) is 17.0. The fraction of sp³-hybridized carbons (Fsp3) is 0.232. The number of fused-ring (bicyclic) bond motifs is 10. The monoisotopic (exact) mass is 1780 g/mol. The molecule has 0 fully saturated rings. The molecule has 0 spiro atoms. The number of benzene rings is 9. The Balaban J connectivity index is 0.000000159. The van der Waals surface area contributed by atoms with E-state index in [1.54, 1.807) is 34.8 Å². The summed E-state index contributed by atoms with van der Waals surface area (Å²) >= 11 is 3.33. The molecule has 9 aromatic carbocycles. The number of allylic oxidation sites excluding steroid dienone is 17. The summed E-state index contributed by atoms with van der Waals surface area (Å²) < 4.78 is 77.0. The average Bonchev–Trinajstić information content (AvgIpc) is 1.57. The number of anilines is 3. The van der Waals surface area contributed by atoms with Gasteiger partial charge in [-0.15, -0.1) is 21.6 Å². The zero-order chi connectivity index (χ0) is 84.8. The third kappa shape index (κ3) is 19.0. The van der Waals surface area contributed by atoms with E-state index in [1.807, 2.05) is 24.5 Å². The Bertz CT molecular complexity index is 6350. The number of aryl methyl sites for hydroxylation is 2. The smallest absolute Gasteiger partial charge is 0.269 e. The predicted octanol–water partition coefficient (Wildman–Crippen LogP) is 12.7. The minimum absolute atomic E-state index is 0. The van der Waals surface area contributed by atoms with E-state index in [0.717, 1.165) is 33.4 Å². The number of hydrogen-bond acceptors (Lipinski definition) is 13. The van der Waals surface area contributed by atoms with Gasteiger partial charge in [0.05, 0.1) is 26.3 Å². The van der Waals surface area contributed by atoms with Crippen LogP contribution in [-0.4, -0.2) is 72.8 Å². The van der Waals surface area contributed by atoms with Crippen LogP contribution in [0.3, 0.4) is 0 Å². The lowest BCUT2D eigenvalue weighted by Gasteiger charge is -2.26. The van der Waals surface area contributed by atoms with Crippen molar-refractivity contribution in [2.24, 2.45) is 0 Å². The summed E-state index contributed by atoms with van der Waals surface area (Å²) in [5.74, 6) is 0. The van der Waals surface area contributed by atoms with Crippen LogP contribution in [0.15, 0.2) is 306 Å². The molecule has 5 aliphatic rings. The fourth-order valence-corrected chi connectivity index (χ4v) is 19.7. The van der Waals surface area contributed by atoms with Crippen molar-refractivity contribution in [1.29, 1.82) is 0 Å². The average molecular weight is 1780 g/mol. The number of rotatable bonds is 13. The van der Waals surface area contributed by atoms with Gasteiger partial charge in [0.2, 0.25) is 16.9 Å². The highest BCUT2D eigenvalue weighted by atomic mass is 127. The summed E-state index contributed by atoms with van der Waals surface area (Å²) in [6.45, 7) is 29.2. The van der Waals surface area contributed by atoms with Crippen LogP contribution in [0.25, 0.3) is 49.5 Å². The van der Waals surface area contributed by atoms with Crippen molar-refractivity contribution in [3.8, 4) is 0 Å². The van der Waals surface area contributed by atoms with Gasteiger partial charge in [-0.1, -0.05) is 233 Å². The van der Waals surface area contributed by atoms with Gasteiger partial charge in [-0.25, -0.2) is 27.1 Å². The van der Waals surface area contributed by atoms with E-state index in [9.17, 15) is 17.8 Å². The van der Waals surface area contributed by atoms with Crippen molar-refractivity contribution in [1.82, 2.24) is 4.57 Å². The summed E-state index contributed by atoms with van der Waals surface area (Å²) in [5.41, 5.74) is 21.7. The highest BCUT2D eigenvalue weighted by Gasteiger charge is 2.45. The van der Waals surface area contributed by atoms with Crippen LogP contribution < -0.4 is 76.6 Å². The number of halogens is 2. The topological polar surface area (TPSA) is 191 Å². The van der Waals surface area contributed by atoms with Gasteiger partial charge in [0.1, 0.15) is 40.1 Å². The molecular formula is C99H103ClIN7O8S3. The summed E-state index contributed by atoms with van der Waals surface area (Å²) in [7, 11) is -0.535. The molecule has 0 aliphatic carbocycles. The lowest BCUT2D eigenvalue weighted by molar-refractivity contribution is -2.00. The highest BCUT2D eigenvalue weighted by molar-refractivity contribution is 7.85. The molecule has 11 aromatic rings. The van der Waals surface area contributed by atoms with Crippen LogP contribution in [0, 0.1) is 17.2 Å². The lowest BCUT2D eigenvalue weighted by atomic mass is 9.79. The Morgan fingerprint density at radius 2 is 1.03 bits per heavy atom. The first-order chi connectivity index (χ1) is 56.1. The van der Waals surface area contributed by atoms with Crippen LogP contribution in [0.5, 0.6) is 0 Å². The molecule has 0 unspecified atom stereocenters. The zero-order valence-corrected chi connectivity index (χ0v) is 75.7. The molecule has 15 nitrogen and oxygen atoms in total. The van der Waals surface area contributed by atoms with E-state index >= 15 is 0 Å². The Hall–Kier alpha value is -10.3. The predicted molar refractivity (Wildman–Crippen MR) is 478 cm³/mol. The zero-order valence-electron chi connectivity index (χ0n) is 70.3. The molecule has 16 rings (SSSR count). The SMILES string of the molecule is CCN1C=C/C(=C\C=c2\s/c(=C/c3sc4ccccc4[n+]3CC)n(CC)c2=O)c2ccccc21.CN1/C(=C/C=C/C=C/C=C/C2=[N+](C)c3ccccc3C2(C)C)C(C)(C)c2ccccc21.CN1\C(=C/C=C/C=C/C2=[N+](C)c3ccc4ccccc4c3C2(C)C)C(C)(C)c2c1ccc1ccccc21.Cc1ccc(S(=O)(=O)[O-])cc1.[I-].[O-][Cl+3]([O-])([O-])[O-]. The maximum Gasteiger partial charge on any atom is 0.269 e. The standard InChI is InChI=1S/C35H35N2.C29H33N2.C28H28N3OS2.C7H8O3S.ClHO4.HI/c1-34(2)30(36(5)28-22-20-24-14-10-12-16-26(24)32(28)34)18-8-7-9-19-31-35(3,4)33-27-17-13-11-15-25(27)21-23-29(33)37(31)6;1-28(2)22-16-12-14-18-24(22)30(5)26(28)20-10-8-7-9-11-21-27-29(3,4)23-17-13-15-19-25(23)31(27)6;1-4-29-18-17-20(21-11-7-8-12-22(21)29)15-16-25-28(32)31(6-3)27(34-25)19-26-30(5-2)23-13-9-10-14-24(23)33-26;1-6-2-4-7(5-3-6)11(8,9)10;2-1(3,4)5;/h7-23H,1-6H3;7-21H,1-6H3;7-19H,4-6H2,1-3H3;2-5H,1H3,(H,8,9,10);(H,2,3,4,5);1H/q3*+1;;;/p-3/b;;20-15+,25-16+;;;. The number of hydrogen-bond donors (Lipinski definition) is 0. The van der Waals surface area contributed by atoms with Gasteiger partial charge in [0, 0.05) is 120 Å². The number of likely N-dealkylation sites (N-methyl/N-ethyl adjacent to an activating group) is 2. The van der Waals surface area contributed by atoms with Gasteiger partial charge in [0.25, 0.3) is 10.6 Å². The minimum Gasteiger partial charge on any atom is -1.00 e. The van der Waals surface area contributed by atoms with Crippen LogP contribution in [0.1, 0.15) is 115 Å². The van der Waals surface area contributed by atoms with Crippen LogP contribution in [-0.2, 0) is 44.9 Å². The second-order valence-electron chi connectivity index (χ2n) is 31.6. The Morgan fingerprint density at radius 1 is 0.504 bits per heavy atom. The Kier molecular flexibility index (Phi) is 28.0. The van der Waals surface area contributed by atoms with Crippen molar-refractivity contribution in [3.05, 3.63) is 355 Å². The molecule has 2 aromatic heterocycles. The molecule has 0 saturated heterocycles. The number of nitrogens with zero attached hydrogens (tertiary/aromatic N) is 7. The lowest BCUT2D eigenvalue weighted by Crippen LogP contribution is -3.00. The highest BCUT2D eigenvalue weighted by Crippen LogP contribution is 2.51. The van der Waals surface area contributed by atoms with E-state index < -0.39 is 20.4 Å². The second-order valence-corrected chi connectivity index (χ2v) is 35.8. The number of para-hydroxylation sites is 4. The summed E-state index contributed by atoms with van der Waals surface area (Å²) in [5, 5.41) is 6.46. The quantitative estimate of drug-likeness (QED) is 0.0462. The Morgan fingerprint density at radius 3 is 1.65 bits per heavy atom. The molecule has 0 atom stereocenters. The van der Waals surface area contributed by atoms with E-state index in [0.29, 0.717) is 6.54 Å². The van der Waals surface area contributed by atoms with Gasteiger partial charge in [-0.3, -0.25) is 9.36 Å². The molecule has 0 N–H and O–H groups in total. The van der Waals surface area contributed by atoms with Crippen molar-refractivity contribution in [2.75, 3.05) is 49.4 Å². The summed E-state index contributed by atoms with van der Waals surface area (Å²) in [6, 6.07) is 66.5. The van der Waals surface area contributed by atoms with E-state index in [-0.39, 0.29) is 56.1 Å². The molecule has 0 saturated carbocycles. The summed E-state index contributed by atoms with van der Waals surface area (Å²) in [4.78, 5) is 19.9. The normalized spacial score (nSPS) is 17.4. The van der Waals surface area contributed by atoms with E-state index in [2.05, 4.69) is 393 Å². The molecule has 20 heteroatoms. The molecule has 7 heterocycles. The first-order valence-electron chi connectivity index (χ1n) is 39.6. The third-order valence-corrected chi connectivity index (χ3v) is 25.9. The Labute approximate surface area is 727 Å². The molecule has 0 bridgehead atoms. The maximum atomic E-state index is 13.2. The molecule has 0 amide bonds. The van der Waals surface area contributed by atoms with Crippen LogP contribution in [0.4, 0.5) is 28.4 Å². The molecule has 5 aliphatic heterocycles. The second kappa shape index (κ2) is 37.2. The first kappa shape index (κ1) is 89.5. The van der Waals surface area contributed by atoms with Gasteiger partial charge in [0.15, 0.2) is 11.4 Å². The summed E-state index contributed by atoms with van der Waals surface area (Å²) in [6.07, 6.45) is 36.6. The van der Waals surface area contributed by atoms with Gasteiger partial charge < -0.3 is 43.2 Å². The van der Waals surface area contributed by atoms with E-state index in [4.69, 9.17) is 18.6 Å². The van der Waals surface area contributed by atoms with Crippen molar-refractivity contribution < 1.29 is 79.5 Å². The maximum absolute atomic E-state index is 13.2. The first-order valence-corrected chi connectivity index (χ1v) is 43.8. The van der Waals surface area contributed by atoms with E-state index in [1.165, 1.54) is 128 Å². The third-order valence-electron chi connectivity index (χ3n) is 22.8. The van der Waals surface area contributed by atoms with Gasteiger partial charge >= 0.3 is 0 Å². The van der Waals surface area contributed by atoms with Crippen molar-refractivity contribution in [3.63, 3.8) is 0 Å². The van der Waals surface area contributed by atoms with Gasteiger partial charge in [-0.05, 0) is 160 Å². The van der Waals surface area contributed by atoms with Crippen LogP contribution >= 0.6 is 22.7 Å². The van der Waals surface area contributed by atoms with Gasteiger partial charge in [-0.2, -0.15) is 13.7 Å². The minimum atomic E-state index is -4.94. The van der Waals surface area contributed by atoms with Crippen molar-refractivity contribution >= 4 is 122 Å². The molecular weight excluding hydrogens is 1670 g/mol. The molecule has 0 radical (unpaired) electrons. The number of thiazole rings is 2. The number of aromatic nitrogens is 2. The van der Waals surface area contributed by atoms with Crippen LogP contribution in [0.2, 0.25) is 0 Å². The molecule has 119 heavy (non-hydrogen) atoms. The van der Waals surface area contributed by atoms with Crippen molar-refractivity contribution in [2.45, 2.75) is 123 Å². The largest absolute Gasteiger partial charge is 1.00 e. The molecule has 614 valence electrons.